The van der Waals surface area contributed by atoms with E-state index in [2.05, 4.69) is 15.5 Å². The van der Waals surface area contributed by atoms with Gasteiger partial charge in [0.25, 0.3) is 5.92 Å². The number of hydrogen-bond acceptors (Lipinski definition) is 3. The molecule has 0 spiro atoms. The second-order valence-electron chi connectivity index (χ2n) is 6.81. The average Bonchev–Trinajstić information content (AvgIpc) is 2.91. The molecule has 2 aliphatic heterocycles. The maximum atomic E-state index is 13.2. The second kappa shape index (κ2) is 10.2. The normalized spacial score (nSPS) is 24.6. The van der Waals surface area contributed by atoms with E-state index in [0.717, 1.165) is 24.9 Å². The monoisotopic (exact) mass is 447 g/mol. The van der Waals surface area contributed by atoms with Crippen LogP contribution < -0.4 is 10.6 Å². The minimum atomic E-state index is -2.82. The zero-order chi connectivity index (χ0) is 18.0. The van der Waals surface area contributed by atoms with Gasteiger partial charge in [-0.1, -0.05) is 17.7 Å². The summed E-state index contributed by atoms with van der Waals surface area (Å²) in [5, 5.41) is 5.82. The standard InChI is InChI=1S/C17H21ClF3N3O.2ClH/c18-14-6-12(19)4-3-11(14)8-24-5-1-2-13(9-24)23-16(25)15-7-17(20,21)10-22-15;;/h3-4,6,13,15,22H,1-2,5,7-10H2,(H,23,25);2*1H. The van der Waals surface area contributed by atoms with Gasteiger partial charge in [0, 0.05) is 30.6 Å². The van der Waals surface area contributed by atoms with Crippen LogP contribution in [0.25, 0.3) is 0 Å². The van der Waals surface area contributed by atoms with Crippen molar-refractivity contribution in [2.24, 2.45) is 0 Å². The molecule has 2 aliphatic rings. The van der Waals surface area contributed by atoms with E-state index in [1.807, 2.05) is 0 Å². The molecule has 1 amide bonds. The Morgan fingerprint density at radius 2 is 2.11 bits per heavy atom. The number of benzene rings is 1. The summed E-state index contributed by atoms with van der Waals surface area (Å²) in [6.45, 7) is 1.57. The number of carbonyl (C=O) groups is 1. The van der Waals surface area contributed by atoms with E-state index >= 15 is 0 Å². The topological polar surface area (TPSA) is 44.4 Å². The van der Waals surface area contributed by atoms with Crippen LogP contribution in [-0.4, -0.2) is 48.4 Å². The highest BCUT2D eigenvalue weighted by Crippen LogP contribution is 2.25. The predicted molar refractivity (Wildman–Crippen MR) is 104 cm³/mol. The Balaban J connectivity index is 0.00000182. The second-order valence-corrected chi connectivity index (χ2v) is 7.22. The Kier molecular flexibility index (Phi) is 9.15. The summed E-state index contributed by atoms with van der Waals surface area (Å²) in [5.41, 5.74) is 0.826. The molecule has 0 radical (unpaired) electrons. The Hall–Kier alpha value is -0.730. The van der Waals surface area contributed by atoms with Gasteiger partial charge in [0.1, 0.15) is 5.82 Å². The molecule has 2 N–H and O–H groups in total. The zero-order valence-electron chi connectivity index (χ0n) is 14.5. The van der Waals surface area contributed by atoms with Crippen LogP contribution in [0.3, 0.4) is 0 Å². The summed E-state index contributed by atoms with van der Waals surface area (Å²) in [7, 11) is 0. The van der Waals surface area contributed by atoms with Crippen LogP contribution in [0.1, 0.15) is 24.8 Å². The number of nitrogens with one attached hydrogen (secondary N) is 2. The van der Waals surface area contributed by atoms with E-state index < -0.39 is 24.9 Å². The van der Waals surface area contributed by atoms with Crippen LogP contribution in [-0.2, 0) is 11.3 Å². The van der Waals surface area contributed by atoms with E-state index in [0.29, 0.717) is 18.1 Å². The molecule has 0 saturated carbocycles. The number of hydrogen-bond donors (Lipinski definition) is 2. The first-order chi connectivity index (χ1) is 11.8. The zero-order valence-corrected chi connectivity index (χ0v) is 16.9. The summed E-state index contributed by atoms with van der Waals surface area (Å²) in [4.78, 5) is 14.3. The Labute approximate surface area is 174 Å². The van der Waals surface area contributed by atoms with E-state index in [4.69, 9.17) is 11.6 Å². The Morgan fingerprint density at radius 3 is 2.74 bits per heavy atom. The number of alkyl halides is 2. The van der Waals surface area contributed by atoms with E-state index in [-0.39, 0.29) is 42.6 Å². The van der Waals surface area contributed by atoms with Gasteiger partial charge in [0.15, 0.2) is 0 Å². The van der Waals surface area contributed by atoms with Crippen molar-refractivity contribution in [3.05, 3.63) is 34.6 Å². The van der Waals surface area contributed by atoms with Crippen molar-refractivity contribution in [2.75, 3.05) is 19.6 Å². The molecule has 0 bridgehead atoms. The maximum Gasteiger partial charge on any atom is 0.262 e. The summed E-state index contributed by atoms with van der Waals surface area (Å²) >= 11 is 6.07. The van der Waals surface area contributed by atoms with Crippen molar-refractivity contribution >= 4 is 42.3 Å². The number of halogens is 6. The molecule has 2 atom stereocenters. The van der Waals surface area contributed by atoms with Crippen molar-refractivity contribution in [2.45, 2.75) is 43.8 Å². The minimum absolute atomic E-state index is 0. The number of piperidine rings is 1. The molecule has 2 unspecified atom stereocenters. The van der Waals surface area contributed by atoms with Crippen molar-refractivity contribution in [1.29, 1.82) is 0 Å². The molecule has 154 valence electrons. The number of nitrogens with zero attached hydrogens (tertiary/aromatic N) is 1. The van der Waals surface area contributed by atoms with Crippen LogP contribution in [0.4, 0.5) is 13.2 Å². The summed E-state index contributed by atoms with van der Waals surface area (Å²) in [6, 6.07) is 3.39. The molecule has 10 heteroatoms. The van der Waals surface area contributed by atoms with Crippen LogP contribution in [0.15, 0.2) is 18.2 Å². The van der Waals surface area contributed by atoms with Gasteiger partial charge in [-0.15, -0.1) is 24.8 Å². The smallest absolute Gasteiger partial charge is 0.262 e. The molecule has 2 fully saturated rings. The highest BCUT2D eigenvalue weighted by molar-refractivity contribution is 6.31. The lowest BCUT2D eigenvalue weighted by molar-refractivity contribution is -0.124. The largest absolute Gasteiger partial charge is 0.351 e. The molecule has 0 aromatic heterocycles. The predicted octanol–water partition coefficient (Wildman–Crippen LogP) is 3.40. The van der Waals surface area contributed by atoms with Gasteiger partial charge in [-0.25, -0.2) is 13.2 Å². The fourth-order valence-electron chi connectivity index (χ4n) is 3.41. The van der Waals surface area contributed by atoms with E-state index in [1.54, 1.807) is 6.07 Å². The van der Waals surface area contributed by atoms with Gasteiger partial charge in [-0.2, -0.15) is 0 Å². The van der Waals surface area contributed by atoms with Gasteiger partial charge in [0.05, 0.1) is 12.6 Å². The Bertz CT molecular complexity index is 651. The third-order valence-electron chi connectivity index (χ3n) is 4.69. The summed E-state index contributed by atoms with van der Waals surface area (Å²) < 4.78 is 39.6. The van der Waals surface area contributed by atoms with Gasteiger partial charge >= 0.3 is 0 Å². The number of amides is 1. The molecule has 1 aromatic rings. The fourth-order valence-corrected chi connectivity index (χ4v) is 3.64. The third kappa shape index (κ3) is 6.68. The van der Waals surface area contributed by atoms with E-state index in [9.17, 15) is 18.0 Å². The first-order valence-electron chi connectivity index (χ1n) is 8.40. The molecule has 2 saturated heterocycles. The fraction of sp³-hybridized carbons (Fsp3) is 0.588. The lowest BCUT2D eigenvalue weighted by Crippen LogP contribution is -2.51. The Morgan fingerprint density at radius 1 is 1.37 bits per heavy atom. The highest BCUT2D eigenvalue weighted by atomic mass is 35.5. The molecule has 1 aromatic carbocycles. The van der Waals surface area contributed by atoms with E-state index in [1.165, 1.54) is 12.1 Å². The first-order valence-corrected chi connectivity index (χ1v) is 8.78. The molecule has 27 heavy (non-hydrogen) atoms. The third-order valence-corrected chi connectivity index (χ3v) is 5.04. The lowest BCUT2D eigenvalue weighted by Gasteiger charge is -2.33. The highest BCUT2D eigenvalue weighted by Gasteiger charge is 2.42. The van der Waals surface area contributed by atoms with Crippen molar-refractivity contribution in [1.82, 2.24) is 15.5 Å². The van der Waals surface area contributed by atoms with Gasteiger partial charge in [0.2, 0.25) is 5.91 Å². The SMILES string of the molecule is Cl.Cl.O=C(NC1CCCN(Cc2ccc(F)cc2Cl)C1)C1CC(F)(F)CN1. The average molecular weight is 449 g/mol. The van der Waals surface area contributed by atoms with Gasteiger partial charge < -0.3 is 5.32 Å². The van der Waals surface area contributed by atoms with Crippen LogP contribution in [0, 0.1) is 5.82 Å². The molecule has 4 nitrogen and oxygen atoms in total. The van der Waals surface area contributed by atoms with Crippen molar-refractivity contribution in [3.8, 4) is 0 Å². The van der Waals surface area contributed by atoms with Crippen molar-refractivity contribution in [3.63, 3.8) is 0 Å². The number of carbonyl (C=O) groups excluding carboxylic acids is 1. The summed E-state index contributed by atoms with van der Waals surface area (Å²) in [5.74, 6) is -3.57. The number of rotatable bonds is 4. The quantitative estimate of drug-likeness (QED) is 0.742. The molecular formula is C17H23Cl3F3N3O. The lowest BCUT2D eigenvalue weighted by atomic mass is 10.0. The van der Waals surface area contributed by atoms with Crippen LogP contribution >= 0.6 is 36.4 Å². The number of likely N-dealkylation sites (tertiary alicyclic amines) is 1. The van der Waals surface area contributed by atoms with Gasteiger partial charge in [-0.3, -0.25) is 15.0 Å². The minimum Gasteiger partial charge on any atom is -0.351 e. The molecular weight excluding hydrogens is 426 g/mol. The molecule has 3 rings (SSSR count). The van der Waals surface area contributed by atoms with Crippen molar-refractivity contribution < 1.29 is 18.0 Å². The first kappa shape index (κ1) is 24.3. The molecule has 0 aliphatic carbocycles. The summed E-state index contributed by atoms with van der Waals surface area (Å²) in [6.07, 6.45) is 1.24. The molecule has 2 heterocycles. The van der Waals surface area contributed by atoms with Crippen LogP contribution in [0.2, 0.25) is 5.02 Å². The maximum absolute atomic E-state index is 13.2. The van der Waals surface area contributed by atoms with Crippen LogP contribution in [0.5, 0.6) is 0 Å². The van der Waals surface area contributed by atoms with Gasteiger partial charge in [-0.05, 0) is 37.1 Å².